The molecule has 0 saturated heterocycles. The maximum atomic E-state index is 12.1. The minimum atomic E-state index is -0.597. The summed E-state index contributed by atoms with van der Waals surface area (Å²) in [6, 6.07) is 13.3. The van der Waals surface area contributed by atoms with Crippen LogP contribution < -0.4 is 16.4 Å². The molecule has 0 unspecified atom stereocenters. The topological polar surface area (TPSA) is 104 Å². The summed E-state index contributed by atoms with van der Waals surface area (Å²) in [7, 11) is 0. The maximum absolute atomic E-state index is 12.1. The molecule has 0 aromatic heterocycles. The fraction of sp³-hybridized carbons (Fsp3) is 0.0667. The van der Waals surface area contributed by atoms with Gasteiger partial charge >= 0.3 is 0 Å². The first-order valence-corrected chi connectivity index (χ1v) is 6.26. The Morgan fingerprint density at radius 2 is 1.67 bits per heavy atom. The van der Waals surface area contributed by atoms with Crippen LogP contribution in [-0.2, 0) is 4.79 Å². The second-order valence-corrected chi connectivity index (χ2v) is 4.37. The summed E-state index contributed by atoms with van der Waals surface area (Å²) in [5.41, 5.74) is 7.59. The third-order valence-electron chi connectivity index (χ3n) is 2.70. The molecule has 5 N–H and O–H groups in total. The van der Waals surface area contributed by atoms with Crippen LogP contribution in [0.3, 0.4) is 0 Å². The van der Waals surface area contributed by atoms with Crippen molar-refractivity contribution < 1.29 is 14.7 Å². The third-order valence-corrected chi connectivity index (χ3v) is 2.70. The summed E-state index contributed by atoms with van der Waals surface area (Å²) in [5, 5.41) is 13.9. The van der Waals surface area contributed by atoms with Crippen LogP contribution in [0.4, 0.5) is 17.1 Å². The molecule has 0 radical (unpaired) electrons. The third kappa shape index (κ3) is 4.05. The van der Waals surface area contributed by atoms with Crippen LogP contribution >= 0.6 is 0 Å². The van der Waals surface area contributed by atoms with E-state index in [0.29, 0.717) is 22.6 Å². The van der Waals surface area contributed by atoms with E-state index in [2.05, 4.69) is 10.6 Å². The van der Waals surface area contributed by atoms with Gasteiger partial charge in [0, 0.05) is 22.6 Å². The molecule has 21 heavy (non-hydrogen) atoms. The lowest BCUT2D eigenvalue weighted by Gasteiger charge is -2.08. The van der Waals surface area contributed by atoms with Crippen LogP contribution in [0.25, 0.3) is 0 Å². The van der Waals surface area contributed by atoms with Gasteiger partial charge in [-0.15, -0.1) is 0 Å². The molecule has 0 heterocycles. The summed E-state index contributed by atoms with van der Waals surface area (Å²) in [5.74, 6) is -0.817. The van der Waals surface area contributed by atoms with Crippen molar-refractivity contribution >= 4 is 28.9 Å². The van der Waals surface area contributed by atoms with Gasteiger partial charge in [-0.1, -0.05) is 12.1 Å². The van der Waals surface area contributed by atoms with Gasteiger partial charge in [-0.05, 0) is 36.4 Å². The Labute approximate surface area is 121 Å². The number of nitrogen functional groups attached to an aromatic ring is 1. The zero-order chi connectivity index (χ0) is 15.2. The molecule has 2 rings (SSSR count). The van der Waals surface area contributed by atoms with E-state index in [1.807, 2.05) is 0 Å². The zero-order valence-electron chi connectivity index (χ0n) is 11.2. The van der Waals surface area contributed by atoms with Crippen LogP contribution in [0.2, 0.25) is 0 Å². The number of aliphatic hydroxyl groups excluding tert-OH is 1. The number of rotatable bonds is 4. The van der Waals surface area contributed by atoms with Gasteiger partial charge in [0.25, 0.3) is 5.91 Å². The Hall–Kier alpha value is -2.86. The molecule has 2 aromatic rings. The Balaban J connectivity index is 2.11. The van der Waals surface area contributed by atoms with Crippen LogP contribution in [0.1, 0.15) is 10.4 Å². The Kier molecular flexibility index (Phi) is 4.53. The number of benzene rings is 2. The van der Waals surface area contributed by atoms with E-state index in [-0.39, 0.29) is 5.91 Å². The van der Waals surface area contributed by atoms with Crippen molar-refractivity contribution in [3.63, 3.8) is 0 Å². The summed E-state index contributed by atoms with van der Waals surface area (Å²) in [6.45, 7) is -0.597. The van der Waals surface area contributed by atoms with E-state index in [0.717, 1.165) is 0 Å². The van der Waals surface area contributed by atoms with E-state index < -0.39 is 12.5 Å². The molecule has 108 valence electrons. The molecule has 2 aromatic carbocycles. The number of hydrogen-bond donors (Lipinski definition) is 4. The minimum absolute atomic E-state index is 0.298. The molecular formula is C15H15N3O3. The van der Waals surface area contributed by atoms with Crippen molar-refractivity contribution in [3.8, 4) is 0 Å². The average Bonchev–Trinajstić information content (AvgIpc) is 2.47. The van der Waals surface area contributed by atoms with Crippen molar-refractivity contribution in [2.24, 2.45) is 0 Å². The van der Waals surface area contributed by atoms with E-state index >= 15 is 0 Å². The molecule has 0 bridgehead atoms. The number of amides is 2. The molecule has 6 nitrogen and oxygen atoms in total. The largest absolute Gasteiger partial charge is 0.399 e. The lowest BCUT2D eigenvalue weighted by atomic mass is 10.2. The van der Waals surface area contributed by atoms with E-state index in [1.54, 1.807) is 48.5 Å². The smallest absolute Gasteiger partial charge is 0.255 e. The van der Waals surface area contributed by atoms with Crippen molar-refractivity contribution in [1.82, 2.24) is 0 Å². The van der Waals surface area contributed by atoms with Crippen molar-refractivity contribution in [3.05, 3.63) is 54.1 Å². The number of hydrogen-bond acceptors (Lipinski definition) is 4. The molecule has 0 aliphatic carbocycles. The second-order valence-electron chi connectivity index (χ2n) is 4.37. The van der Waals surface area contributed by atoms with E-state index in [1.165, 1.54) is 0 Å². The number of aliphatic hydroxyl groups is 1. The van der Waals surface area contributed by atoms with E-state index in [9.17, 15) is 9.59 Å². The van der Waals surface area contributed by atoms with Crippen LogP contribution in [-0.4, -0.2) is 23.5 Å². The van der Waals surface area contributed by atoms with Gasteiger partial charge in [0.2, 0.25) is 5.91 Å². The summed E-state index contributed by atoms with van der Waals surface area (Å²) in [4.78, 5) is 23.2. The number of carbonyl (C=O) groups excluding carboxylic acids is 2. The van der Waals surface area contributed by atoms with Crippen molar-refractivity contribution in [2.45, 2.75) is 0 Å². The van der Waals surface area contributed by atoms with Crippen LogP contribution in [0.15, 0.2) is 48.5 Å². The van der Waals surface area contributed by atoms with Crippen LogP contribution in [0, 0.1) is 0 Å². The summed E-state index contributed by atoms with van der Waals surface area (Å²) < 4.78 is 0. The highest BCUT2D eigenvalue weighted by Gasteiger charge is 2.07. The summed E-state index contributed by atoms with van der Waals surface area (Å²) >= 11 is 0. The molecule has 6 heteroatoms. The highest BCUT2D eigenvalue weighted by atomic mass is 16.3. The normalized spacial score (nSPS) is 9.95. The van der Waals surface area contributed by atoms with Gasteiger partial charge in [-0.3, -0.25) is 9.59 Å². The number of anilines is 3. The SMILES string of the molecule is Nc1cccc(C(=O)Nc2cccc(NC(=O)CO)c2)c1. The average molecular weight is 285 g/mol. The quantitative estimate of drug-likeness (QED) is 0.638. The lowest BCUT2D eigenvalue weighted by molar-refractivity contribution is -0.118. The predicted octanol–water partition coefficient (Wildman–Crippen LogP) is 1.45. The molecule has 0 fully saturated rings. The number of carbonyl (C=O) groups is 2. The standard InChI is InChI=1S/C15H15N3O3/c16-11-4-1-3-10(7-11)15(21)18-13-6-2-5-12(8-13)17-14(20)9-19/h1-8,19H,9,16H2,(H,17,20)(H,18,21). The molecule has 0 saturated carbocycles. The lowest BCUT2D eigenvalue weighted by Crippen LogP contribution is -2.16. The molecule has 0 aliphatic heterocycles. The van der Waals surface area contributed by atoms with Gasteiger partial charge in [0.1, 0.15) is 6.61 Å². The monoisotopic (exact) mass is 285 g/mol. The molecular weight excluding hydrogens is 270 g/mol. The Morgan fingerprint density at radius 1 is 1.00 bits per heavy atom. The minimum Gasteiger partial charge on any atom is -0.399 e. The van der Waals surface area contributed by atoms with Gasteiger partial charge in [-0.25, -0.2) is 0 Å². The molecule has 0 spiro atoms. The predicted molar refractivity (Wildman–Crippen MR) is 81.0 cm³/mol. The highest BCUT2D eigenvalue weighted by Crippen LogP contribution is 2.16. The Morgan fingerprint density at radius 3 is 2.33 bits per heavy atom. The highest BCUT2D eigenvalue weighted by molar-refractivity contribution is 6.05. The van der Waals surface area contributed by atoms with Crippen molar-refractivity contribution in [2.75, 3.05) is 23.0 Å². The number of nitrogens with one attached hydrogen (secondary N) is 2. The Bertz CT molecular complexity index is 671. The van der Waals surface area contributed by atoms with Gasteiger partial charge < -0.3 is 21.5 Å². The first kappa shape index (κ1) is 14.5. The maximum Gasteiger partial charge on any atom is 0.255 e. The second kappa shape index (κ2) is 6.53. The van der Waals surface area contributed by atoms with Crippen molar-refractivity contribution in [1.29, 1.82) is 0 Å². The first-order chi connectivity index (χ1) is 10.1. The molecule has 0 atom stereocenters. The fourth-order valence-corrected chi connectivity index (χ4v) is 1.76. The van der Waals surface area contributed by atoms with Gasteiger partial charge in [-0.2, -0.15) is 0 Å². The molecule has 2 amide bonds. The van der Waals surface area contributed by atoms with Gasteiger partial charge in [0.05, 0.1) is 0 Å². The van der Waals surface area contributed by atoms with Crippen LogP contribution in [0.5, 0.6) is 0 Å². The molecule has 0 aliphatic rings. The van der Waals surface area contributed by atoms with Gasteiger partial charge in [0.15, 0.2) is 0 Å². The van der Waals surface area contributed by atoms with E-state index in [4.69, 9.17) is 10.8 Å². The fourth-order valence-electron chi connectivity index (χ4n) is 1.76. The zero-order valence-corrected chi connectivity index (χ0v) is 11.2. The number of nitrogens with two attached hydrogens (primary N) is 1. The summed E-state index contributed by atoms with van der Waals surface area (Å²) in [6.07, 6.45) is 0. The first-order valence-electron chi connectivity index (χ1n) is 6.26.